The number of hydrogen-bond donors (Lipinski definition) is 3. The van der Waals surface area contributed by atoms with Crippen molar-refractivity contribution in [2.75, 3.05) is 0 Å². The van der Waals surface area contributed by atoms with Crippen molar-refractivity contribution < 1.29 is 0 Å². The quantitative estimate of drug-likeness (QED) is 0.104. The van der Waals surface area contributed by atoms with E-state index in [1.807, 2.05) is 70.6 Å². The van der Waals surface area contributed by atoms with E-state index < -0.39 is 0 Å². The van der Waals surface area contributed by atoms with Gasteiger partial charge in [-0.2, -0.15) is 0 Å². The Morgan fingerprint density at radius 1 is 0.241 bits per heavy atom. The van der Waals surface area contributed by atoms with Crippen molar-refractivity contribution in [3.8, 4) is 0 Å². The van der Waals surface area contributed by atoms with Crippen molar-refractivity contribution in [3.63, 3.8) is 0 Å². The molecular formula is C45H36S9. The van der Waals surface area contributed by atoms with E-state index in [0.29, 0.717) is 0 Å². The predicted molar refractivity (Wildman–Crippen MR) is 246 cm³/mol. The molecule has 0 amide bonds. The molecule has 0 fully saturated rings. The molecule has 0 atom stereocenters. The summed E-state index contributed by atoms with van der Waals surface area (Å²) >= 11 is 24.9. The van der Waals surface area contributed by atoms with Crippen molar-refractivity contribution in [2.45, 2.75) is 94.2 Å². The second-order valence-electron chi connectivity index (χ2n) is 12.5. The van der Waals surface area contributed by atoms with Gasteiger partial charge in [0.2, 0.25) is 0 Å². The molecule has 7 aromatic rings. The summed E-state index contributed by atoms with van der Waals surface area (Å²) in [5.41, 5.74) is 3.73. The van der Waals surface area contributed by atoms with Crippen molar-refractivity contribution in [3.05, 3.63) is 162 Å². The number of thiol groups is 3. The van der Waals surface area contributed by atoms with Crippen LogP contribution in [0, 0.1) is 20.8 Å². The van der Waals surface area contributed by atoms with Gasteiger partial charge in [0.25, 0.3) is 0 Å². The molecule has 0 spiro atoms. The van der Waals surface area contributed by atoms with E-state index in [9.17, 15) is 0 Å². The van der Waals surface area contributed by atoms with Crippen molar-refractivity contribution in [1.82, 2.24) is 0 Å². The van der Waals surface area contributed by atoms with Crippen LogP contribution >= 0.6 is 108 Å². The van der Waals surface area contributed by atoms with Crippen LogP contribution < -0.4 is 0 Å². The van der Waals surface area contributed by atoms with Gasteiger partial charge in [-0.1, -0.05) is 124 Å². The molecule has 270 valence electrons. The Labute approximate surface area is 361 Å². The third-order valence-corrected chi connectivity index (χ3v) is 16.5. The first-order valence-electron chi connectivity index (χ1n) is 17.0. The molecule has 0 aliphatic rings. The molecular weight excluding hydrogens is 829 g/mol. The Morgan fingerprint density at radius 3 is 0.556 bits per heavy atom. The van der Waals surface area contributed by atoms with Crippen LogP contribution in [0.5, 0.6) is 0 Å². The highest BCUT2D eigenvalue weighted by atomic mass is 32.2. The standard InChI is InChI=1S/C45H36S9/c1-28-4-16-34(17-5-28)49-40-43(52-37-22-10-31(46)11-23-37)41(50-35-18-6-29(2)7-19-35)45(54-39-26-14-33(48)15-27-39)42(51-36-20-8-30(3)9-21-36)44(40)53-38-24-12-32(47)13-25-38/h4-27,46-48H,1-3H3. The predicted octanol–water partition coefficient (Wildman–Crippen LogP) is 16.4. The zero-order valence-corrected chi connectivity index (χ0v) is 37.2. The van der Waals surface area contributed by atoms with Gasteiger partial charge in [-0.3, -0.25) is 0 Å². The van der Waals surface area contributed by atoms with Crippen LogP contribution in [0.3, 0.4) is 0 Å². The average Bonchev–Trinajstić information content (AvgIpc) is 3.17. The number of benzene rings is 7. The molecule has 0 aromatic heterocycles. The van der Waals surface area contributed by atoms with E-state index in [-0.39, 0.29) is 0 Å². The Morgan fingerprint density at radius 2 is 0.389 bits per heavy atom. The van der Waals surface area contributed by atoms with Crippen molar-refractivity contribution >= 4 is 108 Å². The molecule has 0 nitrogen and oxygen atoms in total. The van der Waals surface area contributed by atoms with Gasteiger partial charge in [0.05, 0.1) is 0 Å². The highest BCUT2D eigenvalue weighted by molar-refractivity contribution is 8.07. The monoisotopic (exact) mass is 864 g/mol. The summed E-state index contributed by atoms with van der Waals surface area (Å²) in [5, 5.41) is 0. The first-order chi connectivity index (χ1) is 26.2. The van der Waals surface area contributed by atoms with Crippen LogP contribution in [0.25, 0.3) is 0 Å². The van der Waals surface area contributed by atoms with Crippen LogP contribution in [0.15, 0.2) is 219 Å². The Balaban J connectivity index is 1.57. The Hall–Kier alpha value is -2.31. The van der Waals surface area contributed by atoms with Gasteiger partial charge >= 0.3 is 0 Å². The lowest BCUT2D eigenvalue weighted by Crippen LogP contribution is -1.97. The third kappa shape index (κ3) is 10.5. The van der Waals surface area contributed by atoms with Crippen LogP contribution in [-0.2, 0) is 0 Å². The maximum atomic E-state index is 4.63. The molecule has 7 rings (SSSR count). The topological polar surface area (TPSA) is 0 Å². The fraction of sp³-hybridized carbons (Fsp3) is 0.0667. The first-order valence-corrected chi connectivity index (χ1v) is 23.3. The molecule has 9 heteroatoms. The largest absolute Gasteiger partial charge is 0.143 e. The minimum absolute atomic E-state index is 0.945. The van der Waals surface area contributed by atoms with Crippen molar-refractivity contribution in [1.29, 1.82) is 0 Å². The highest BCUT2D eigenvalue weighted by Gasteiger charge is 2.29. The summed E-state index contributed by atoms with van der Waals surface area (Å²) in [6.45, 7) is 6.43. The molecule has 0 saturated heterocycles. The SMILES string of the molecule is Cc1ccc(Sc2c(Sc3ccc(S)cc3)c(Sc3ccc(C)cc3)c(Sc3ccc(S)cc3)c(Sc3ccc(C)cc3)c2Sc2ccc(S)cc2)cc1. The molecule has 0 aliphatic carbocycles. The molecule has 0 saturated carbocycles. The number of aryl methyl sites for hydroxylation is 3. The van der Waals surface area contributed by atoms with E-state index in [1.165, 1.54) is 60.7 Å². The lowest BCUT2D eigenvalue weighted by atomic mass is 10.2. The second kappa shape index (κ2) is 18.8. The third-order valence-electron chi connectivity index (χ3n) is 8.13. The van der Waals surface area contributed by atoms with E-state index >= 15 is 0 Å². The normalized spacial score (nSPS) is 11.2. The second-order valence-corrected chi connectivity index (χ2v) is 20.6. The van der Waals surface area contributed by atoms with Gasteiger partial charge in [0.1, 0.15) is 0 Å². The molecule has 0 heterocycles. The average molecular weight is 865 g/mol. The van der Waals surface area contributed by atoms with Gasteiger partial charge in [-0.25, -0.2) is 0 Å². The highest BCUT2D eigenvalue weighted by Crippen LogP contribution is 2.59. The molecule has 0 bridgehead atoms. The van der Waals surface area contributed by atoms with E-state index in [2.05, 4.69) is 204 Å². The molecule has 0 unspecified atom stereocenters. The summed E-state index contributed by atoms with van der Waals surface area (Å²) < 4.78 is 0. The van der Waals surface area contributed by atoms with Crippen LogP contribution in [-0.4, -0.2) is 0 Å². The smallest absolute Gasteiger partial charge is 0.0425 e. The lowest BCUT2D eigenvalue weighted by molar-refractivity contribution is 0.871. The maximum Gasteiger partial charge on any atom is 0.0425 e. The molecule has 0 radical (unpaired) electrons. The molecule has 0 aliphatic heterocycles. The summed E-state index contributed by atoms with van der Waals surface area (Å²) in [4.78, 5) is 17.3. The molecule has 7 aromatic carbocycles. The van der Waals surface area contributed by atoms with Crippen molar-refractivity contribution in [2.24, 2.45) is 0 Å². The van der Waals surface area contributed by atoms with E-state index in [0.717, 1.165) is 29.4 Å². The van der Waals surface area contributed by atoms with Gasteiger partial charge in [0.15, 0.2) is 0 Å². The lowest BCUT2D eigenvalue weighted by Gasteiger charge is -2.25. The van der Waals surface area contributed by atoms with Crippen LogP contribution in [0.4, 0.5) is 0 Å². The number of hydrogen-bond acceptors (Lipinski definition) is 9. The summed E-state index contributed by atoms with van der Waals surface area (Å²) in [7, 11) is 0. The first kappa shape index (κ1) is 39.9. The summed E-state index contributed by atoms with van der Waals surface area (Å²) in [6.07, 6.45) is 0. The van der Waals surface area contributed by atoms with Crippen LogP contribution in [0.1, 0.15) is 16.7 Å². The Bertz CT molecular complexity index is 1880. The Kier molecular flexibility index (Phi) is 13.9. The number of rotatable bonds is 12. The summed E-state index contributed by atoms with van der Waals surface area (Å²) in [5.74, 6) is 0. The summed E-state index contributed by atoms with van der Waals surface area (Å²) in [6, 6.07) is 52.3. The maximum absolute atomic E-state index is 4.63. The molecule has 54 heavy (non-hydrogen) atoms. The van der Waals surface area contributed by atoms with Gasteiger partial charge in [0, 0.05) is 73.4 Å². The molecule has 0 N–H and O–H groups in total. The van der Waals surface area contributed by atoms with E-state index in [1.54, 1.807) is 0 Å². The minimum Gasteiger partial charge on any atom is -0.143 e. The van der Waals surface area contributed by atoms with Crippen LogP contribution in [0.2, 0.25) is 0 Å². The van der Waals surface area contributed by atoms with Gasteiger partial charge < -0.3 is 0 Å². The van der Waals surface area contributed by atoms with Gasteiger partial charge in [-0.15, -0.1) is 37.9 Å². The minimum atomic E-state index is 0.945. The zero-order valence-electron chi connectivity index (χ0n) is 29.6. The zero-order chi connectivity index (χ0) is 37.6. The fourth-order valence-corrected chi connectivity index (χ4v) is 13.0. The van der Waals surface area contributed by atoms with Gasteiger partial charge in [-0.05, 0) is 130 Å². The van der Waals surface area contributed by atoms with E-state index in [4.69, 9.17) is 0 Å². The fourth-order valence-electron chi connectivity index (χ4n) is 5.24.